The van der Waals surface area contributed by atoms with Crippen LogP contribution >= 0.6 is 0 Å². The normalized spacial score (nSPS) is 13.0. The largest absolute Gasteiger partial charge is 0.462 e. The van der Waals surface area contributed by atoms with Gasteiger partial charge in [0.05, 0.1) is 6.61 Å². The first-order valence-corrected chi connectivity index (χ1v) is 25.8. The molecule has 62 heavy (non-hydrogen) atoms. The number of unbranched alkanes of at least 4 members (excludes halogenated alkanes) is 22. The van der Waals surface area contributed by atoms with Crippen molar-refractivity contribution in [1.29, 1.82) is 0 Å². The van der Waals surface area contributed by atoms with Crippen LogP contribution in [0, 0.1) is 0 Å². The molecule has 0 aliphatic heterocycles. The van der Waals surface area contributed by atoms with E-state index in [0.29, 0.717) is 12.8 Å². The van der Waals surface area contributed by atoms with Crippen molar-refractivity contribution in [3.8, 4) is 0 Å². The highest BCUT2D eigenvalue weighted by molar-refractivity contribution is 5.70. The highest BCUT2D eigenvalue weighted by Crippen LogP contribution is 2.15. The highest BCUT2D eigenvalue weighted by atomic mass is 16.6. The number of aliphatic hydroxyl groups is 1. The van der Waals surface area contributed by atoms with E-state index in [2.05, 4.69) is 111 Å². The maximum absolute atomic E-state index is 12.3. The van der Waals surface area contributed by atoms with Gasteiger partial charge in [-0.1, -0.05) is 239 Å². The smallest absolute Gasteiger partial charge is 0.306 e. The van der Waals surface area contributed by atoms with Crippen molar-refractivity contribution in [3.63, 3.8) is 0 Å². The van der Waals surface area contributed by atoms with Crippen LogP contribution in [0.15, 0.2) is 97.2 Å². The molecule has 1 N–H and O–H groups in total. The Morgan fingerprint density at radius 3 is 1.05 bits per heavy atom. The molecule has 0 heterocycles. The Morgan fingerprint density at radius 2 is 0.694 bits per heavy atom. The lowest BCUT2D eigenvalue weighted by molar-refractivity contribution is -0.161. The summed E-state index contributed by atoms with van der Waals surface area (Å²) in [5.41, 5.74) is 0. The molecular formula is C57H96O5. The van der Waals surface area contributed by atoms with Crippen LogP contribution in [0.2, 0.25) is 0 Å². The van der Waals surface area contributed by atoms with Crippen LogP contribution in [0.4, 0.5) is 0 Å². The van der Waals surface area contributed by atoms with Crippen LogP contribution in [-0.2, 0) is 19.1 Å². The first-order chi connectivity index (χ1) is 30.6. The van der Waals surface area contributed by atoms with Crippen LogP contribution in [-0.4, -0.2) is 36.4 Å². The Bertz CT molecular complexity index is 1200. The Kier molecular flexibility index (Phi) is 49.5. The Labute approximate surface area is 383 Å². The minimum Gasteiger partial charge on any atom is -0.462 e. The second-order valence-corrected chi connectivity index (χ2v) is 16.9. The van der Waals surface area contributed by atoms with E-state index in [-0.39, 0.29) is 25.2 Å². The number of allylic oxidation sites excluding steroid dienone is 16. The standard InChI is InChI=1S/C57H96O5/c1-3-5-7-9-11-13-15-17-19-21-22-23-24-25-26-27-28-29-30-31-32-33-34-36-38-40-42-44-46-48-50-52-57(60)62-55(53-58)54-61-56(59)51-49-47-45-43-41-39-37-35-20-18-16-14-12-10-8-6-4-2/h5,7,11,13,17,19,22-23,25-26,28-29,31-32,34,36,55,58H,3-4,6,8-10,12,14-16,18,20-21,24,27,30,33,35,37-54H2,1-2H3/b7-5-,13-11-,19-17-,23-22-,26-25-,29-28-,32-31-,36-34-. The summed E-state index contributed by atoms with van der Waals surface area (Å²) in [6, 6.07) is 0. The molecule has 5 heteroatoms. The Hall–Kier alpha value is -3.18. The van der Waals surface area contributed by atoms with Crippen molar-refractivity contribution in [2.24, 2.45) is 0 Å². The van der Waals surface area contributed by atoms with E-state index >= 15 is 0 Å². The fourth-order valence-corrected chi connectivity index (χ4v) is 7.04. The SMILES string of the molecule is CC/C=C\C/C=C\C/C=C\C/C=C\C/C=C\C/C=C\C/C=C\C/C=C\CCCCCCCCC(=O)OC(CO)COC(=O)CCCCCCCCCCCCCCCCCCC. The lowest BCUT2D eigenvalue weighted by atomic mass is 10.0. The summed E-state index contributed by atoms with van der Waals surface area (Å²) in [6.45, 7) is 4.02. The summed E-state index contributed by atoms with van der Waals surface area (Å²) in [5.74, 6) is -0.606. The zero-order chi connectivity index (χ0) is 44.9. The fraction of sp³-hybridized carbons (Fsp3) is 0.684. The zero-order valence-electron chi connectivity index (χ0n) is 40.4. The van der Waals surface area contributed by atoms with Gasteiger partial charge in [-0.3, -0.25) is 9.59 Å². The van der Waals surface area contributed by atoms with Crippen molar-refractivity contribution in [2.45, 2.75) is 238 Å². The van der Waals surface area contributed by atoms with Crippen molar-refractivity contribution in [2.75, 3.05) is 13.2 Å². The van der Waals surface area contributed by atoms with E-state index in [1.54, 1.807) is 0 Å². The maximum atomic E-state index is 12.3. The fourth-order valence-electron chi connectivity index (χ4n) is 7.04. The molecule has 0 aromatic rings. The average Bonchev–Trinajstić information content (AvgIpc) is 3.28. The molecule has 1 atom stereocenters. The number of carbonyl (C=O) groups is 2. The predicted molar refractivity (Wildman–Crippen MR) is 269 cm³/mol. The molecular weight excluding hydrogens is 765 g/mol. The van der Waals surface area contributed by atoms with E-state index in [9.17, 15) is 14.7 Å². The topological polar surface area (TPSA) is 72.8 Å². The minimum atomic E-state index is -0.784. The van der Waals surface area contributed by atoms with E-state index in [1.807, 2.05) is 0 Å². The quantitative estimate of drug-likeness (QED) is 0.0375. The molecule has 0 aromatic heterocycles. The number of hydrogen-bond acceptors (Lipinski definition) is 5. The van der Waals surface area contributed by atoms with Gasteiger partial charge in [0, 0.05) is 12.8 Å². The molecule has 1 unspecified atom stereocenters. The molecule has 0 rings (SSSR count). The third-order valence-electron chi connectivity index (χ3n) is 10.9. The minimum absolute atomic E-state index is 0.0743. The molecule has 0 fully saturated rings. The van der Waals surface area contributed by atoms with Crippen molar-refractivity contribution in [1.82, 2.24) is 0 Å². The molecule has 0 aromatic carbocycles. The predicted octanol–water partition coefficient (Wildman–Crippen LogP) is 17.2. The number of carbonyl (C=O) groups excluding carboxylic acids is 2. The first kappa shape index (κ1) is 58.8. The van der Waals surface area contributed by atoms with Gasteiger partial charge < -0.3 is 14.6 Å². The number of hydrogen-bond donors (Lipinski definition) is 1. The molecule has 0 aliphatic rings. The number of aliphatic hydroxyl groups excluding tert-OH is 1. The molecule has 0 amide bonds. The summed E-state index contributed by atoms with van der Waals surface area (Å²) in [7, 11) is 0. The molecule has 0 bridgehead atoms. The van der Waals surface area contributed by atoms with Gasteiger partial charge >= 0.3 is 11.9 Å². The second-order valence-electron chi connectivity index (χ2n) is 16.9. The molecule has 354 valence electrons. The van der Waals surface area contributed by atoms with Gasteiger partial charge in [0.2, 0.25) is 0 Å². The van der Waals surface area contributed by atoms with Crippen LogP contribution < -0.4 is 0 Å². The third kappa shape index (κ3) is 49.5. The average molecular weight is 861 g/mol. The van der Waals surface area contributed by atoms with Crippen molar-refractivity contribution in [3.05, 3.63) is 97.2 Å². The third-order valence-corrected chi connectivity index (χ3v) is 10.9. The summed E-state index contributed by atoms with van der Waals surface area (Å²) in [4.78, 5) is 24.4. The Morgan fingerprint density at radius 1 is 0.387 bits per heavy atom. The van der Waals surface area contributed by atoms with Gasteiger partial charge in [0.1, 0.15) is 6.61 Å². The lowest BCUT2D eigenvalue weighted by Crippen LogP contribution is -2.28. The summed E-state index contributed by atoms with van der Waals surface area (Å²) in [5, 5.41) is 9.62. The molecule has 0 saturated heterocycles. The van der Waals surface area contributed by atoms with Crippen LogP contribution in [0.3, 0.4) is 0 Å². The molecule has 0 radical (unpaired) electrons. The molecule has 0 saturated carbocycles. The van der Waals surface area contributed by atoms with Crippen LogP contribution in [0.1, 0.15) is 232 Å². The second kappa shape index (κ2) is 52.2. The summed E-state index contributed by atoms with van der Waals surface area (Å²) in [6.07, 6.45) is 73.5. The number of rotatable bonds is 46. The highest BCUT2D eigenvalue weighted by Gasteiger charge is 2.16. The van der Waals surface area contributed by atoms with Gasteiger partial charge in [-0.2, -0.15) is 0 Å². The summed E-state index contributed by atoms with van der Waals surface area (Å²) >= 11 is 0. The molecule has 0 aliphatic carbocycles. The monoisotopic (exact) mass is 861 g/mol. The van der Waals surface area contributed by atoms with Gasteiger partial charge in [-0.05, 0) is 77.0 Å². The number of ether oxygens (including phenoxy) is 2. The van der Waals surface area contributed by atoms with Crippen molar-refractivity contribution >= 4 is 11.9 Å². The van der Waals surface area contributed by atoms with E-state index in [1.165, 1.54) is 109 Å². The molecule has 0 spiro atoms. The van der Waals surface area contributed by atoms with Crippen LogP contribution in [0.5, 0.6) is 0 Å². The maximum Gasteiger partial charge on any atom is 0.306 e. The van der Waals surface area contributed by atoms with E-state index in [4.69, 9.17) is 9.47 Å². The van der Waals surface area contributed by atoms with Gasteiger partial charge in [-0.25, -0.2) is 0 Å². The van der Waals surface area contributed by atoms with Gasteiger partial charge in [0.25, 0.3) is 0 Å². The zero-order valence-corrected chi connectivity index (χ0v) is 40.4. The van der Waals surface area contributed by atoms with Gasteiger partial charge in [-0.15, -0.1) is 0 Å². The summed E-state index contributed by atoms with van der Waals surface area (Å²) < 4.78 is 10.7. The number of esters is 2. The molecule has 5 nitrogen and oxygen atoms in total. The Balaban J connectivity index is 3.60. The van der Waals surface area contributed by atoms with E-state index < -0.39 is 6.10 Å². The van der Waals surface area contributed by atoms with Crippen LogP contribution in [0.25, 0.3) is 0 Å². The first-order valence-electron chi connectivity index (χ1n) is 25.8. The van der Waals surface area contributed by atoms with Gasteiger partial charge in [0.15, 0.2) is 6.10 Å². The van der Waals surface area contributed by atoms with E-state index in [0.717, 1.165) is 96.3 Å². The van der Waals surface area contributed by atoms with Crippen molar-refractivity contribution < 1.29 is 24.2 Å². The lowest BCUT2D eigenvalue weighted by Gasteiger charge is -2.15.